The molecule has 0 saturated heterocycles. The van der Waals surface area contributed by atoms with E-state index in [9.17, 15) is 0 Å². The molecule has 1 unspecified atom stereocenters. The van der Waals surface area contributed by atoms with Gasteiger partial charge in [0.1, 0.15) is 0 Å². The Kier molecular flexibility index (Phi) is 1.54. The summed E-state index contributed by atoms with van der Waals surface area (Å²) in [5, 5.41) is 17.4. The van der Waals surface area contributed by atoms with E-state index in [0.717, 1.165) is 12.8 Å². The van der Waals surface area contributed by atoms with Crippen LogP contribution in [-0.2, 0) is 0 Å². The van der Waals surface area contributed by atoms with Gasteiger partial charge in [-0.25, -0.2) is 0 Å². The smallest absolute Gasteiger partial charge is 0.0968 e. The van der Waals surface area contributed by atoms with E-state index in [2.05, 4.69) is 6.58 Å². The molecule has 0 radical (unpaired) electrons. The van der Waals surface area contributed by atoms with Crippen molar-refractivity contribution in [3.05, 3.63) is 12.2 Å². The first-order valence-electron chi connectivity index (χ1n) is 3.02. The average Bonchev–Trinajstić information content (AvgIpc) is 2.66. The van der Waals surface area contributed by atoms with Gasteiger partial charge in [-0.3, -0.25) is 0 Å². The van der Waals surface area contributed by atoms with Crippen molar-refractivity contribution in [2.75, 3.05) is 0 Å². The fraction of sp³-hybridized carbons (Fsp3) is 0.571. The molecule has 1 aliphatic carbocycles. The molecule has 1 N–H and O–H groups in total. The van der Waals surface area contributed by atoms with Crippen LogP contribution in [0.2, 0.25) is 0 Å². The van der Waals surface area contributed by atoms with Gasteiger partial charge in [-0.2, -0.15) is 5.26 Å². The first-order chi connectivity index (χ1) is 4.25. The maximum Gasteiger partial charge on any atom is 0.0968 e. The number of rotatable bonds is 2. The fourth-order valence-electron chi connectivity index (χ4n) is 0.763. The third kappa shape index (κ3) is 1.30. The Morgan fingerprint density at radius 3 is 2.67 bits per heavy atom. The van der Waals surface area contributed by atoms with Crippen LogP contribution in [0.5, 0.6) is 0 Å². The molecule has 48 valence electrons. The monoisotopic (exact) mass is 123 g/mol. The maximum atomic E-state index is 9.14. The third-order valence-corrected chi connectivity index (χ3v) is 1.57. The molecular weight excluding hydrogens is 114 g/mol. The molecule has 1 fully saturated rings. The second kappa shape index (κ2) is 2.20. The van der Waals surface area contributed by atoms with Gasteiger partial charge in [0.2, 0.25) is 0 Å². The molecular formula is C7H9NO. The van der Waals surface area contributed by atoms with Crippen molar-refractivity contribution in [2.24, 2.45) is 5.92 Å². The Morgan fingerprint density at radius 1 is 1.78 bits per heavy atom. The van der Waals surface area contributed by atoms with Crippen LogP contribution in [0.4, 0.5) is 0 Å². The third-order valence-electron chi connectivity index (χ3n) is 1.57. The highest BCUT2D eigenvalue weighted by atomic mass is 16.3. The van der Waals surface area contributed by atoms with Gasteiger partial charge in [-0.15, -0.1) is 0 Å². The SMILES string of the molecule is C=C(C#N)C(O)C1CC1. The van der Waals surface area contributed by atoms with Crippen molar-refractivity contribution in [1.29, 1.82) is 5.26 Å². The predicted molar refractivity (Wildman–Crippen MR) is 33.5 cm³/mol. The molecule has 1 rings (SSSR count). The summed E-state index contributed by atoms with van der Waals surface area (Å²) >= 11 is 0. The summed E-state index contributed by atoms with van der Waals surface area (Å²) in [6.07, 6.45) is 1.53. The highest BCUT2D eigenvalue weighted by Gasteiger charge is 2.31. The van der Waals surface area contributed by atoms with Gasteiger partial charge in [-0.1, -0.05) is 6.58 Å². The topological polar surface area (TPSA) is 44.0 Å². The Balaban J connectivity index is 2.42. The van der Waals surface area contributed by atoms with E-state index in [-0.39, 0.29) is 0 Å². The van der Waals surface area contributed by atoms with Crippen LogP contribution in [0.3, 0.4) is 0 Å². The second-order valence-electron chi connectivity index (χ2n) is 2.42. The minimum absolute atomic E-state index is 0.303. The lowest BCUT2D eigenvalue weighted by Gasteiger charge is -2.03. The molecule has 0 aliphatic heterocycles. The van der Waals surface area contributed by atoms with E-state index in [1.807, 2.05) is 6.07 Å². The minimum Gasteiger partial charge on any atom is -0.387 e. The molecule has 2 heteroatoms. The molecule has 0 aromatic heterocycles. The summed E-state index contributed by atoms with van der Waals surface area (Å²) in [6, 6.07) is 1.84. The molecule has 9 heavy (non-hydrogen) atoms. The summed E-state index contributed by atoms with van der Waals surface area (Å²) in [7, 11) is 0. The fourth-order valence-corrected chi connectivity index (χ4v) is 0.763. The first kappa shape index (κ1) is 6.31. The van der Waals surface area contributed by atoms with Crippen molar-refractivity contribution in [3.63, 3.8) is 0 Å². The summed E-state index contributed by atoms with van der Waals surface area (Å²) in [5.74, 6) is 0.331. The van der Waals surface area contributed by atoms with E-state index in [1.54, 1.807) is 0 Å². The largest absolute Gasteiger partial charge is 0.387 e. The van der Waals surface area contributed by atoms with Gasteiger partial charge in [-0.05, 0) is 18.8 Å². The summed E-state index contributed by atoms with van der Waals surface area (Å²) in [5.41, 5.74) is 0.303. The number of nitriles is 1. The van der Waals surface area contributed by atoms with Crippen molar-refractivity contribution in [2.45, 2.75) is 18.9 Å². The summed E-state index contributed by atoms with van der Waals surface area (Å²) < 4.78 is 0. The minimum atomic E-state index is -0.560. The highest BCUT2D eigenvalue weighted by molar-refractivity contribution is 5.22. The van der Waals surface area contributed by atoms with E-state index in [0.29, 0.717) is 11.5 Å². The van der Waals surface area contributed by atoms with Gasteiger partial charge in [0.05, 0.1) is 17.7 Å². The Labute approximate surface area is 54.4 Å². The molecule has 0 spiro atoms. The zero-order valence-corrected chi connectivity index (χ0v) is 5.17. The van der Waals surface area contributed by atoms with Crippen molar-refractivity contribution in [3.8, 4) is 6.07 Å². The number of hydrogen-bond donors (Lipinski definition) is 1. The van der Waals surface area contributed by atoms with Crippen molar-refractivity contribution >= 4 is 0 Å². The molecule has 0 aromatic rings. The van der Waals surface area contributed by atoms with Crippen LogP contribution in [0.25, 0.3) is 0 Å². The lowest BCUT2D eigenvalue weighted by Crippen LogP contribution is -2.09. The molecule has 0 heterocycles. The van der Waals surface area contributed by atoms with Crippen LogP contribution < -0.4 is 0 Å². The van der Waals surface area contributed by atoms with E-state index in [1.165, 1.54) is 0 Å². The lowest BCUT2D eigenvalue weighted by molar-refractivity contribution is 0.192. The molecule has 1 atom stereocenters. The lowest BCUT2D eigenvalue weighted by atomic mass is 10.1. The van der Waals surface area contributed by atoms with E-state index >= 15 is 0 Å². The first-order valence-corrected chi connectivity index (χ1v) is 3.02. The summed E-state index contributed by atoms with van der Waals surface area (Å²) in [6.45, 7) is 3.42. The molecule has 2 nitrogen and oxygen atoms in total. The van der Waals surface area contributed by atoms with Gasteiger partial charge in [0, 0.05) is 0 Å². The molecule has 0 amide bonds. The van der Waals surface area contributed by atoms with Gasteiger partial charge >= 0.3 is 0 Å². The van der Waals surface area contributed by atoms with Crippen molar-refractivity contribution in [1.82, 2.24) is 0 Å². The zero-order chi connectivity index (χ0) is 6.85. The Morgan fingerprint density at radius 2 is 2.33 bits per heavy atom. The quantitative estimate of drug-likeness (QED) is 0.553. The average molecular weight is 123 g/mol. The maximum absolute atomic E-state index is 9.14. The Hall–Kier alpha value is -0.810. The zero-order valence-electron chi connectivity index (χ0n) is 5.17. The van der Waals surface area contributed by atoms with E-state index in [4.69, 9.17) is 10.4 Å². The number of hydrogen-bond acceptors (Lipinski definition) is 2. The molecule has 0 aromatic carbocycles. The second-order valence-corrected chi connectivity index (χ2v) is 2.42. The van der Waals surface area contributed by atoms with Crippen LogP contribution in [-0.4, -0.2) is 11.2 Å². The molecule has 1 aliphatic rings. The van der Waals surface area contributed by atoms with Crippen LogP contribution >= 0.6 is 0 Å². The number of nitrogens with zero attached hydrogens (tertiary/aromatic N) is 1. The molecule has 1 saturated carbocycles. The van der Waals surface area contributed by atoms with Crippen LogP contribution in [0, 0.1) is 17.2 Å². The standard InChI is InChI=1S/C7H9NO/c1-5(4-8)7(9)6-2-3-6/h6-7,9H,1-3H2. The van der Waals surface area contributed by atoms with Gasteiger partial charge < -0.3 is 5.11 Å². The number of aliphatic hydroxyl groups is 1. The van der Waals surface area contributed by atoms with Gasteiger partial charge in [0.15, 0.2) is 0 Å². The predicted octanol–water partition coefficient (Wildman–Crippen LogP) is 0.837. The summed E-state index contributed by atoms with van der Waals surface area (Å²) in [4.78, 5) is 0. The highest BCUT2D eigenvalue weighted by Crippen LogP contribution is 2.34. The Bertz CT molecular complexity index is 164. The van der Waals surface area contributed by atoms with Gasteiger partial charge in [0.25, 0.3) is 0 Å². The van der Waals surface area contributed by atoms with Crippen molar-refractivity contribution < 1.29 is 5.11 Å². The number of aliphatic hydroxyl groups excluding tert-OH is 1. The normalized spacial score (nSPS) is 20.4. The molecule has 0 bridgehead atoms. The van der Waals surface area contributed by atoms with E-state index < -0.39 is 6.10 Å². The van der Waals surface area contributed by atoms with Crippen LogP contribution in [0.15, 0.2) is 12.2 Å². The van der Waals surface area contributed by atoms with Crippen LogP contribution in [0.1, 0.15) is 12.8 Å².